The van der Waals surface area contributed by atoms with Crippen LogP contribution in [0.25, 0.3) is 10.2 Å². The standard InChI is InChI=1S/C23H18BrN3OS/c1-15-8-9-18(12-16(15)2)22(28)27(25-14-17-6-4-3-5-7-17)23-26-20-11-10-19(24)13-21(20)29-23/h3-14H,1-2H3/b25-14+. The van der Waals surface area contributed by atoms with Crippen LogP contribution in [0, 0.1) is 13.8 Å². The maximum absolute atomic E-state index is 13.3. The highest BCUT2D eigenvalue weighted by molar-refractivity contribution is 9.10. The molecule has 4 nitrogen and oxygen atoms in total. The number of rotatable bonds is 4. The molecular weight excluding hydrogens is 446 g/mol. The number of benzene rings is 3. The van der Waals surface area contributed by atoms with Gasteiger partial charge in [0.05, 0.1) is 16.4 Å². The smallest absolute Gasteiger partial charge is 0.267 e. The number of carbonyl (C=O) groups excluding carboxylic acids is 1. The summed E-state index contributed by atoms with van der Waals surface area (Å²) < 4.78 is 1.96. The molecule has 0 fully saturated rings. The first kappa shape index (κ1) is 19.5. The normalized spacial score (nSPS) is 11.3. The van der Waals surface area contributed by atoms with Crippen molar-refractivity contribution in [1.29, 1.82) is 0 Å². The molecular formula is C23H18BrN3OS. The number of nitrogens with zero attached hydrogens (tertiary/aromatic N) is 3. The van der Waals surface area contributed by atoms with Gasteiger partial charge >= 0.3 is 0 Å². The van der Waals surface area contributed by atoms with Gasteiger partial charge in [-0.2, -0.15) is 10.1 Å². The fourth-order valence-electron chi connectivity index (χ4n) is 2.83. The Morgan fingerprint density at radius 3 is 2.59 bits per heavy atom. The third kappa shape index (κ3) is 4.28. The SMILES string of the molecule is Cc1ccc(C(=O)N(/N=C/c2ccccc2)c2nc3ccc(Br)cc3s2)cc1C. The Hall–Kier alpha value is -2.83. The van der Waals surface area contributed by atoms with Gasteiger partial charge in [0, 0.05) is 10.0 Å². The van der Waals surface area contributed by atoms with E-state index in [0.29, 0.717) is 10.7 Å². The van der Waals surface area contributed by atoms with E-state index in [0.717, 1.165) is 31.4 Å². The fraction of sp³-hybridized carbons (Fsp3) is 0.0870. The van der Waals surface area contributed by atoms with Gasteiger partial charge in [0.25, 0.3) is 5.91 Å². The van der Waals surface area contributed by atoms with Crippen LogP contribution in [0.1, 0.15) is 27.0 Å². The summed E-state index contributed by atoms with van der Waals surface area (Å²) in [6.07, 6.45) is 1.68. The molecule has 1 heterocycles. The average molecular weight is 464 g/mol. The van der Waals surface area contributed by atoms with Crippen molar-refractivity contribution in [2.45, 2.75) is 13.8 Å². The third-order valence-corrected chi connectivity index (χ3v) is 6.08. The van der Waals surface area contributed by atoms with E-state index in [2.05, 4.69) is 26.0 Å². The van der Waals surface area contributed by atoms with Crippen LogP contribution in [0.15, 0.2) is 76.3 Å². The van der Waals surface area contributed by atoms with Crippen molar-refractivity contribution in [3.05, 3.63) is 93.5 Å². The lowest BCUT2D eigenvalue weighted by molar-refractivity contribution is 0.0988. The van der Waals surface area contributed by atoms with Crippen LogP contribution in [0.2, 0.25) is 0 Å². The van der Waals surface area contributed by atoms with E-state index >= 15 is 0 Å². The van der Waals surface area contributed by atoms with Gasteiger partial charge in [-0.05, 0) is 60.9 Å². The van der Waals surface area contributed by atoms with Crippen molar-refractivity contribution < 1.29 is 4.79 Å². The summed E-state index contributed by atoms with van der Waals surface area (Å²) in [6, 6.07) is 21.3. The lowest BCUT2D eigenvalue weighted by Gasteiger charge is -2.14. The van der Waals surface area contributed by atoms with Crippen molar-refractivity contribution in [2.24, 2.45) is 5.10 Å². The van der Waals surface area contributed by atoms with Crippen LogP contribution >= 0.6 is 27.3 Å². The van der Waals surface area contributed by atoms with E-state index in [1.807, 2.05) is 80.6 Å². The number of carbonyl (C=O) groups is 1. The molecule has 0 unspecified atom stereocenters. The van der Waals surface area contributed by atoms with Crippen molar-refractivity contribution in [3.8, 4) is 0 Å². The van der Waals surface area contributed by atoms with Gasteiger partial charge in [-0.1, -0.05) is 63.7 Å². The minimum Gasteiger partial charge on any atom is -0.267 e. The summed E-state index contributed by atoms with van der Waals surface area (Å²) in [5.74, 6) is -0.210. The Morgan fingerprint density at radius 2 is 1.83 bits per heavy atom. The Morgan fingerprint density at radius 1 is 1.03 bits per heavy atom. The molecule has 0 atom stereocenters. The first-order valence-electron chi connectivity index (χ1n) is 9.08. The van der Waals surface area contributed by atoms with E-state index in [1.54, 1.807) is 6.21 Å². The number of aromatic nitrogens is 1. The van der Waals surface area contributed by atoms with Gasteiger partial charge in [0.2, 0.25) is 5.13 Å². The predicted octanol–water partition coefficient (Wildman–Crippen LogP) is 6.36. The maximum Gasteiger partial charge on any atom is 0.280 e. The van der Waals surface area contributed by atoms with Crippen LogP contribution in [-0.4, -0.2) is 17.1 Å². The monoisotopic (exact) mass is 463 g/mol. The van der Waals surface area contributed by atoms with Crippen LogP contribution in [0.5, 0.6) is 0 Å². The molecule has 0 saturated heterocycles. The Labute approximate surface area is 181 Å². The second-order valence-electron chi connectivity index (χ2n) is 6.68. The lowest BCUT2D eigenvalue weighted by Crippen LogP contribution is -2.25. The molecule has 0 spiro atoms. The fourth-order valence-corrected chi connectivity index (χ4v) is 4.30. The first-order chi connectivity index (χ1) is 14.0. The highest BCUT2D eigenvalue weighted by Crippen LogP contribution is 2.32. The highest BCUT2D eigenvalue weighted by atomic mass is 79.9. The van der Waals surface area contributed by atoms with Gasteiger partial charge in [0.1, 0.15) is 0 Å². The molecule has 1 amide bonds. The Kier molecular flexibility index (Phi) is 5.56. The maximum atomic E-state index is 13.3. The molecule has 0 aliphatic carbocycles. The van der Waals surface area contributed by atoms with Crippen LogP contribution < -0.4 is 5.01 Å². The quantitative estimate of drug-likeness (QED) is 0.261. The van der Waals surface area contributed by atoms with Crippen LogP contribution in [0.4, 0.5) is 5.13 Å². The zero-order chi connectivity index (χ0) is 20.4. The second-order valence-corrected chi connectivity index (χ2v) is 8.60. The molecule has 1 aromatic heterocycles. The van der Waals surface area contributed by atoms with E-state index < -0.39 is 0 Å². The molecule has 0 aliphatic heterocycles. The molecule has 3 aromatic carbocycles. The molecule has 4 rings (SSSR count). The average Bonchev–Trinajstić information content (AvgIpc) is 3.13. The van der Waals surface area contributed by atoms with Gasteiger partial charge in [-0.25, -0.2) is 4.98 Å². The van der Waals surface area contributed by atoms with Gasteiger partial charge in [0.15, 0.2) is 0 Å². The number of aryl methyl sites for hydroxylation is 2. The van der Waals surface area contributed by atoms with Crippen molar-refractivity contribution in [1.82, 2.24) is 4.98 Å². The zero-order valence-corrected chi connectivity index (χ0v) is 18.4. The van der Waals surface area contributed by atoms with Gasteiger partial charge in [-0.15, -0.1) is 0 Å². The number of halogens is 1. The van der Waals surface area contributed by atoms with E-state index in [1.165, 1.54) is 16.3 Å². The molecule has 0 aliphatic rings. The Bertz CT molecular complexity index is 1220. The zero-order valence-electron chi connectivity index (χ0n) is 16.0. The summed E-state index contributed by atoms with van der Waals surface area (Å²) in [5.41, 5.74) is 4.54. The molecule has 0 saturated carbocycles. The number of hydrogen-bond donors (Lipinski definition) is 0. The number of hydrogen-bond acceptors (Lipinski definition) is 4. The van der Waals surface area contributed by atoms with Gasteiger partial charge in [-0.3, -0.25) is 4.79 Å². The van der Waals surface area contributed by atoms with E-state index in [9.17, 15) is 4.79 Å². The minimum atomic E-state index is -0.210. The summed E-state index contributed by atoms with van der Waals surface area (Å²) >= 11 is 4.92. The van der Waals surface area contributed by atoms with E-state index in [4.69, 9.17) is 0 Å². The topological polar surface area (TPSA) is 45.6 Å². The minimum absolute atomic E-state index is 0.210. The molecule has 0 bridgehead atoms. The summed E-state index contributed by atoms with van der Waals surface area (Å²) in [6.45, 7) is 4.03. The molecule has 0 N–H and O–H groups in total. The summed E-state index contributed by atoms with van der Waals surface area (Å²) in [4.78, 5) is 18.0. The van der Waals surface area contributed by atoms with Gasteiger partial charge < -0.3 is 0 Å². The largest absolute Gasteiger partial charge is 0.280 e. The van der Waals surface area contributed by atoms with Crippen molar-refractivity contribution >= 4 is 54.7 Å². The summed E-state index contributed by atoms with van der Waals surface area (Å²) in [7, 11) is 0. The van der Waals surface area contributed by atoms with E-state index in [-0.39, 0.29) is 5.91 Å². The lowest BCUT2D eigenvalue weighted by atomic mass is 10.1. The second kappa shape index (κ2) is 8.27. The first-order valence-corrected chi connectivity index (χ1v) is 10.7. The molecule has 144 valence electrons. The number of anilines is 1. The van der Waals surface area contributed by atoms with Crippen LogP contribution in [0.3, 0.4) is 0 Å². The third-order valence-electron chi connectivity index (χ3n) is 4.59. The van der Waals surface area contributed by atoms with Crippen molar-refractivity contribution in [3.63, 3.8) is 0 Å². The molecule has 6 heteroatoms. The number of fused-ring (bicyclic) bond motifs is 1. The van der Waals surface area contributed by atoms with Crippen LogP contribution in [-0.2, 0) is 0 Å². The summed E-state index contributed by atoms with van der Waals surface area (Å²) in [5, 5.41) is 6.43. The number of hydrazone groups is 1. The predicted molar refractivity (Wildman–Crippen MR) is 124 cm³/mol. The molecule has 4 aromatic rings. The van der Waals surface area contributed by atoms with Crippen molar-refractivity contribution in [2.75, 3.05) is 5.01 Å². The highest BCUT2D eigenvalue weighted by Gasteiger charge is 2.21. The number of amides is 1. The molecule has 0 radical (unpaired) electrons. The molecule has 29 heavy (non-hydrogen) atoms. The number of thiazole rings is 1. The Balaban J connectivity index is 1.78.